The van der Waals surface area contributed by atoms with Crippen molar-refractivity contribution in [1.29, 1.82) is 0 Å². The van der Waals surface area contributed by atoms with Gasteiger partial charge in [-0.2, -0.15) is 0 Å². The van der Waals surface area contributed by atoms with E-state index in [0.29, 0.717) is 10.9 Å². The summed E-state index contributed by atoms with van der Waals surface area (Å²) in [5, 5.41) is 7.78. The number of hydrogen-bond donors (Lipinski definition) is 2. The number of thiazole rings is 1. The maximum Gasteiger partial charge on any atom is 0.341 e. The molecule has 17 heavy (non-hydrogen) atoms. The number of aromatic nitrogens is 4. The van der Waals surface area contributed by atoms with Gasteiger partial charge in [0.1, 0.15) is 5.01 Å². The number of hydrogen-bond acceptors (Lipinski definition) is 5. The van der Waals surface area contributed by atoms with Gasteiger partial charge in [0.05, 0.1) is 16.0 Å². The predicted molar refractivity (Wildman–Crippen MR) is 68.4 cm³/mol. The van der Waals surface area contributed by atoms with Gasteiger partial charge in [-0.05, 0) is 12.1 Å². The lowest BCUT2D eigenvalue weighted by molar-refractivity contribution is 0.969. The van der Waals surface area contributed by atoms with Crippen molar-refractivity contribution in [1.82, 2.24) is 20.2 Å². The Balaban J connectivity index is 1.78. The summed E-state index contributed by atoms with van der Waals surface area (Å²) in [5.74, 6) is 0.708. The molecule has 0 aliphatic carbocycles. The Morgan fingerprint density at radius 1 is 1.35 bits per heavy atom. The number of aromatic amines is 2. The van der Waals surface area contributed by atoms with Crippen molar-refractivity contribution in [2.24, 2.45) is 0 Å². The molecule has 0 saturated heterocycles. The highest BCUT2D eigenvalue weighted by Crippen LogP contribution is 2.26. The van der Waals surface area contributed by atoms with Crippen LogP contribution in [0, 0.1) is 0 Å². The lowest BCUT2D eigenvalue weighted by atomic mass is 10.3. The molecular formula is C10H8N4OS2. The zero-order chi connectivity index (χ0) is 11.7. The molecular weight excluding hydrogens is 256 g/mol. The molecule has 0 bridgehead atoms. The minimum Gasteiger partial charge on any atom is -0.284 e. The van der Waals surface area contributed by atoms with Gasteiger partial charge in [0.25, 0.3) is 0 Å². The topological polar surface area (TPSA) is 74.4 Å². The summed E-state index contributed by atoms with van der Waals surface area (Å²) in [5.41, 5.74) is 0.737. The van der Waals surface area contributed by atoms with Gasteiger partial charge in [0.15, 0.2) is 5.16 Å². The smallest absolute Gasteiger partial charge is 0.284 e. The molecule has 0 amide bonds. The van der Waals surface area contributed by atoms with Crippen molar-refractivity contribution >= 4 is 33.3 Å². The van der Waals surface area contributed by atoms with Crippen LogP contribution >= 0.6 is 23.1 Å². The monoisotopic (exact) mass is 264 g/mol. The molecule has 1 aromatic carbocycles. The highest BCUT2D eigenvalue weighted by molar-refractivity contribution is 7.98. The molecule has 3 rings (SSSR count). The lowest BCUT2D eigenvalue weighted by Gasteiger charge is -1.90. The maximum atomic E-state index is 10.8. The summed E-state index contributed by atoms with van der Waals surface area (Å²) < 4.78 is 1.18. The third-order valence-electron chi connectivity index (χ3n) is 2.15. The quantitative estimate of drug-likeness (QED) is 0.709. The maximum absolute atomic E-state index is 10.8. The van der Waals surface area contributed by atoms with Crippen molar-refractivity contribution in [2.75, 3.05) is 0 Å². The standard InChI is InChI=1S/C10H8N4OS2/c15-9-12-10(14-13-9)16-5-8-11-6-3-1-2-4-7(6)17-8/h1-4H,5H2,(H2,12,13,14,15). The normalized spacial score (nSPS) is 11.1. The summed E-state index contributed by atoms with van der Waals surface area (Å²) in [7, 11) is 0. The van der Waals surface area contributed by atoms with E-state index >= 15 is 0 Å². The van der Waals surface area contributed by atoms with Crippen molar-refractivity contribution in [3.8, 4) is 0 Å². The molecule has 2 N–H and O–H groups in total. The number of rotatable bonds is 3. The van der Waals surface area contributed by atoms with Gasteiger partial charge in [-0.1, -0.05) is 23.9 Å². The number of benzene rings is 1. The molecule has 0 radical (unpaired) electrons. The van der Waals surface area contributed by atoms with Crippen LogP contribution < -0.4 is 5.69 Å². The molecule has 5 nitrogen and oxygen atoms in total. The molecule has 0 atom stereocenters. The van der Waals surface area contributed by atoms with Gasteiger partial charge in [0.2, 0.25) is 0 Å². The molecule has 0 spiro atoms. The Labute approximate surface area is 104 Å². The second-order valence-electron chi connectivity index (χ2n) is 3.35. The van der Waals surface area contributed by atoms with Crippen LogP contribution in [0.5, 0.6) is 0 Å². The fourth-order valence-electron chi connectivity index (χ4n) is 1.43. The Hall–Kier alpha value is -1.60. The van der Waals surface area contributed by atoms with Crippen LogP contribution in [0.15, 0.2) is 34.2 Å². The fraction of sp³-hybridized carbons (Fsp3) is 0.100. The van der Waals surface area contributed by atoms with E-state index in [4.69, 9.17) is 0 Å². The van der Waals surface area contributed by atoms with Crippen molar-refractivity contribution in [3.63, 3.8) is 0 Å². The SMILES string of the molecule is O=c1[nH]nc(SCc2nc3ccccc3s2)[nH]1. The van der Waals surface area contributed by atoms with Crippen molar-refractivity contribution < 1.29 is 0 Å². The number of H-pyrrole nitrogens is 2. The van der Waals surface area contributed by atoms with E-state index < -0.39 is 0 Å². The molecule has 2 heterocycles. The highest BCUT2D eigenvalue weighted by atomic mass is 32.2. The number of nitrogens with zero attached hydrogens (tertiary/aromatic N) is 2. The minimum absolute atomic E-state index is 0.281. The van der Waals surface area contributed by atoms with Crippen LogP contribution in [-0.4, -0.2) is 20.2 Å². The first kappa shape index (κ1) is 10.5. The number of nitrogens with one attached hydrogen (secondary N) is 2. The highest BCUT2D eigenvalue weighted by Gasteiger charge is 2.05. The largest absolute Gasteiger partial charge is 0.341 e. The van der Waals surface area contributed by atoms with E-state index in [0.717, 1.165) is 10.5 Å². The molecule has 7 heteroatoms. The molecule has 0 aliphatic rings. The number of fused-ring (bicyclic) bond motifs is 1. The first-order valence-electron chi connectivity index (χ1n) is 4.93. The molecule has 86 valence electrons. The van der Waals surface area contributed by atoms with Crippen LogP contribution in [0.25, 0.3) is 10.2 Å². The zero-order valence-electron chi connectivity index (χ0n) is 8.64. The Morgan fingerprint density at radius 2 is 2.24 bits per heavy atom. The third-order valence-corrected chi connectivity index (χ3v) is 4.25. The second-order valence-corrected chi connectivity index (χ2v) is 5.43. The van der Waals surface area contributed by atoms with Gasteiger partial charge in [-0.25, -0.2) is 14.9 Å². The molecule has 3 aromatic rings. The van der Waals surface area contributed by atoms with Crippen LogP contribution in [-0.2, 0) is 5.75 Å². The summed E-state index contributed by atoms with van der Waals surface area (Å²) in [6, 6.07) is 8.03. The first-order valence-corrected chi connectivity index (χ1v) is 6.73. The Bertz CT molecular complexity index is 666. The van der Waals surface area contributed by atoms with Crippen LogP contribution in [0.3, 0.4) is 0 Å². The predicted octanol–water partition coefficient (Wildman–Crippen LogP) is 2.00. The molecule has 0 aliphatic heterocycles. The van der Waals surface area contributed by atoms with Crippen molar-refractivity contribution in [3.05, 3.63) is 39.8 Å². The van der Waals surface area contributed by atoms with Gasteiger partial charge in [-0.15, -0.1) is 16.4 Å². The summed E-state index contributed by atoms with van der Waals surface area (Å²) >= 11 is 3.12. The zero-order valence-corrected chi connectivity index (χ0v) is 10.3. The molecule has 2 aromatic heterocycles. The average molecular weight is 264 g/mol. The van der Waals surface area contributed by atoms with Crippen LogP contribution in [0.4, 0.5) is 0 Å². The second kappa shape index (κ2) is 4.34. The first-order chi connectivity index (χ1) is 8.31. The van der Waals surface area contributed by atoms with Crippen LogP contribution in [0.1, 0.15) is 5.01 Å². The Morgan fingerprint density at radius 3 is 3.00 bits per heavy atom. The van der Waals surface area contributed by atoms with Gasteiger partial charge in [0, 0.05) is 0 Å². The molecule has 0 fully saturated rings. The summed E-state index contributed by atoms with van der Waals surface area (Å²) in [6.45, 7) is 0. The van der Waals surface area contributed by atoms with Crippen LogP contribution in [0.2, 0.25) is 0 Å². The van der Waals surface area contributed by atoms with Gasteiger partial charge >= 0.3 is 5.69 Å². The van der Waals surface area contributed by atoms with Gasteiger partial charge in [-0.3, -0.25) is 4.98 Å². The number of thioether (sulfide) groups is 1. The van der Waals surface area contributed by atoms with E-state index in [1.165, 1.54) is 16.5 Å². The molecule has 0 saturated carbocycles. The van der Waals surface area contributed by atoms with E-state index in [-0.39, 0.29) is 5.69 Å². The fourth-order valence-corrected chi connectivity index (χ4v) is 3.21. The van der Waals surface area contributed by atoms with Gasteiger partial charge < -0.3 is 0 Å². The molecule has 0 unspecified atom stereocenters. The lowest BCUT2D eigenvalue weighted by Crippen LogP contribution is -2.00. The van der Waals surface area contributed by atoms with E-state index in [1.807, 2.05) is 18.2 Å². The summed E-state index contributed by atoms with van der Waals surface area (Å²) in [6.07, 6.45) is 0. The number of para-hydroxylation sites is 1. The summed E-state index contributed by atoms with van der Waals surface area (Å²) in [4.78, 5) is 17.9. The van der Waals surface area contributed by atoms with E-state index in [1.54, 1.807) is 11.3 Å². The van der Waals surface area contributed by atoms with E-state index in [9.17, 15) is 4.79 Å². The third kappa shape index (κ3) is 2.25. The average Bonchev–Trinajstić information content (AvgIpc) is 2.91. The minimum atomic E-state index is -0.281. The van der Waals surface area contributed by atoms with Crippen molar-refractivity contribution in [2.45, 2.75) is 10.9 Å². The van der Waals surface area contributed by atoms with E-state index in [2.05, 4.69) is 26.2 Å². The Kier molecular flexibility index (Phi) is 2.69.